The molecule has 1 aromatic rings. The fourth-order valence-corrected chi connectivity index (χ4v) is 3.56. The number of fused-ring (bicyclic) bond motifs is 3. The van der Waals surface area contributed by atoms with Crippen LogP contribution in [0.15, 0.2) is 18.2 Å². The second-order valence-electron chi connectivity index (χ2n) is 7.70. The first-order valence-electron chi connectivity index (χ1n) is 10.8. The number of likely N-dealkylation sites (N-methyl/N-ethyl adjacent to an activating group) is 2. The summed E-state index contributed by atoms with van der Waals surface area (Å²) < 4.78 is 0. The van der Waals surface area contributed by atoms with Gasteiger partial charge in [0.05, 0.1) is 6.17 Å². The number of carboxylic acid groups (broad SMARTS) is 7. The van der Waals surface area contributed by atoms with Gasteiger partial charge in [0.2, 0.25) is 0 Å². The van der Waals surface area contributed by atoms with Crippen LogP contribution in [0.5, 0.6) is 5.75 Å². The van der Waals surface area contributed by atoms with E-state index in [-0.39, 0.29) is 5.41 Å². The lowest BCUT2D eigenvalue weighted by Gasteiger charge is -2.32. The number of aromatic hydroxyl groups is 1. The lowest BCUT2D eigenvalue weighted by molar-refractivity contribution is 0.204. The molecular weight excluding hydrogens is 606 g/mol. The zero-order valence-corrected chi connectivity index (χ0v) is 23.6. The third-order valence-corrected chi connectivity index (χ3v) is 4.31. The number of primary amides is 7. The van der Waals surface area contributed by atoms with Crippen molar-refractivity contribution >= 4 is 48.3 Å². The summed E-state index contributed by atoms with van der Waals surface area (Å²) in [6.45, 7) is 3.43. The zero-order valence-electron chi connectivity index (χ0n) is 23.6. The van der Waals surface area contributed by atoms with Gasteiger partial charge in [-0.3, -0.25) is 4.90 Å². The van der Waals surface area contributed by atoms with Gasteiger partial charge in [0.15, 0.2) is 0 Å². The van der Waals surface area contributed by atoms with Crippen LogP contribution in [-0.2, 0) is 5.41 Å². The van der Waals surface area contributed by atoms with Crippen molar-refractivity contribution in [2.24, 2.45) is 40.1 Å². The molecule has 2 unspecified atom stereocenters. The number of phenolic OH excluding ortho intramolecular Hbond substituents is 1. The summed E-state index contributed by atoms with van der Waals surface area (Å²) in [6.07, 6.45) is -7.74. The zero-order chi connectivity index (χ0) is 36.5. The molecule has 2 heterocycles. The van der Waals surface area contributed by atoms with Crippen molar-refractivity contribution in [3.8, 4) is 5.75 Å². The highest BCUT2D eigenvalue weighted by atomic mass is 16.4. The van der Waals surface area contributed by atoms with Gasteiger partial charge in [0.1, 0.15) is 5.75 Å². The standard InChI is InChI=1S/C13H18N2O.7CH3NO2/c1-13-6-7-14(2)12(13)15(3)11-5-4-9(16)8-10(11)13;7*2-1(3)4/h4-5,8,12,16H,6-7H2,1-3H3;7*2H2,(H,3,4). The number of carbonyl (C=O) groups is 7. The summed E-state index contributed by atoms with van der Waals surface area (Å²) in [5.41, 5.74) is 30.9. The first-order valence-corrected chi connectivity index (χ1v) is 10.8. The van der Waals surface area contributed by atoms with Gasteiger partial charge in [-0.2, -0.15) is 0 Å². The Morgan fingerprint density at radius 2 is 0.932 bits per heavy atom. The minimum absolute atomic E-state index is 0.164. The van der Waals surface area contributed by atoms with Crippen LogP contribution in [0.25, 0.3) is 0 Å². The molecule has 0 aliphatic carbocycles. The lowest BCUT2D eigenvalue weighted by Crippen LogP contribution is -2.45. The number of nitrogens with zero attached hydrogens (tertiary/aromatic N) is 2. The van der Waals surface area contributed by atoms with Gasteiger partial charge < -0.3 is 85.9 Å². The van der Waals surface area contributed by atoms with Crippen molar-refractivity contribution in [3.63, 3.8) is 0 Å². The Labute approximate surface area is 248 Å². The highest BCUT2D eigenvalue weighted by Crippen LogP contribution is 2.51. The Morgan fingerprint density at radius 3 is 1.20 bits per heavy atom. The number of nitrogens with two attached hydrogens (primary N) is 7. The summed E-state index contributed by atoms with van der Waals surface area (Å²) in [4.78, 5) is 66.2. The van der Waals surface area contributed by atoms with E-state index in [0.717, 1.165) is 13.0 Å². The minimum atomic E-state index is -1.33. The molecule has 44 heavy (non-hydrogen) atoms. The van der Waals surface area contributed by atoms with Crippen LogP contribution >= 0.6 is 0 Å². The molecule has 3 rings (SSSR count). The Kier molecular flexibility index (Phi) is 26.4. The normalized spacial score (nSPS) is 15.8. The maximum absolute atomic E-state index is 9.65. The summed E-state index contributed by atoms with van der Waals surface area (Å²) >= 11 is 0. The number of likely N-dealkylation sites (tertiary alicyclic amines) is 1. The monoisotopic (exact) mass is 645 g/mol. The summed E-state index contributed by atoms with van der Waals surface area (Å²) in [7, 11) is 4.33. The van der Waals surface area contributed by atoms with E-state index in [1.54, 1.807) is 6.07 Å². The molecule has 2 aliphatic rings. The molecule has 254 valence electrons. The third kappa shape index (κ3) is 31.9. The van der Waals surface area contributed by atoms with E-state index in [4.69, 9.17) is 69.3 Å². The molecule has 1 fully saturated rings. The van der Waals surface area contributed by atoms with Gasteiger partial charge in [-0.25, -0.2) is 33.6 Å². The number of rotatable bonds is 0. The predicted octanol–water partition coefficient (Wildman–Crippen LogP) is -0.877. The van der Waals surface area contributed by atoms with Gasteiger partial charge in [0.25, 0.3) is 0 Å². The second kappa shape index (κ2) is 24.5. The molecule has 24 nitrogen and oxygen atoms in total. The van der Waals surface area contributed by atoms with Gasteiger partial charge in [0, 0.05) is 24.7 Å². The summed E-state index contributed by atoms with van der Waals surface area (Å²) in [5, 5.41) is 60.0. The number of phenols is 1. The third-order valence-electron chi connectivity index (χ3n) is 4.31. The lowest BCUT2D eigenvalue weighted by atomic mass is 9.81. The topological polar surface area (TPSA) is 470 Å². The Hall–Kier alpha value is -6.33. The van der Waals surface area contributed by atoms with Gasteiger partial charge in [-0.05, 0) is 37.2 Å². The molecule has 24 heteroatoms. The molecule has 1 aromatic carbocycles. The van der Waals surface area contributed by atoms with Crippen molar-refractivity contribution in [2.75, 3.05) is 25.5 Å². The number of amides is 7. The van der Waals surface area contributed by atoms with Gasteiger partial charge in [-0.15, -0.1) is 0 Å². The van der Waals surface area contributed by atoms with E-state index >= 15 is 0 Å². The molecule has 22 N–H and O–H groups in total. The van der Waals surface area contributed by atoms with E-state index in [2.05, 4.69) is 71.0 Å². The first-order chi connectivity index (χ1) is 19.7. The van der Waals surface area contributed by atoms with Crippen molar-refractivity contribution in [1.82, 2.24) is 4.90 Å². The second-order valence-corrected chi connectivity index (χ2v) is 7.70. The van der Waals surface area contributed by atoms with Crippen LogP contribution in [0.4, 0.5) is 39.2 Å². The number of benzene rings is 1. The minimum Gasteiger partial charge on any atom is -0.508 e. The van der Waals surface area contributed by atoms with Crippen LogP contribution in [-0.4, -0.2) is 115 Å². The molecule has 7 amide bonds. The molecule has 0 spiro atoms. The molecular formula is C20H39N9O15. The van der Waals surface area contributed by atoms with Crippen molar-refractivity contribution in [2.45, 2.75) is 24.9 Å². The van der Waals surface area contributed by atoms with Crippen LogP contribution in [0.2, 0.25) is 0 Å². The Morgan fingerprint density at radius 1 is 0.659 bits per heavy atom. The van der Waals surface area contributed by atoms with E-state index in [1.165, 1.54) is 11.3 Å². The largest absolute Gasteiger partial charge is 0.508 e. The van der Waals surface area contributed by atoms with Crippen molar-refractivity contribution in [1.29, 1.82) is 0 Å². The van der Waals surface area contributed by atoms with Crippen LogP contribution in [0.3, 0.4) is 0 Å². The van der Waals surface area contributed by atoms with E-state index < -0.39 is 42.7 Å². The Balaban J connectivity index is -0.000000152. The quantitative estimate of drug-likeness (QED) is 0.163. The fourth-order valence-electron chi connectivity index (χ4n) is 3.56. The molecule has 0 radical (unpaired) electrons. The molecule has 2 atom stereocenters. The van der Waals surface area contributed by atoms with E-state index in [1.807, 2.05) is 12.1 Å². The first kappa shape index (κ1) is 47.5. The number of anilines is 1. The predicted molar refractivity (Wildman–Crippen MR) is 150 cm³/mol. The fraction of sp³-hybridized carbons (Fsp3) is 0.350. The van der Waals surface area contributed by atoms with Crippen molar-refractivity contribution in [3.05, 3.63) is 23.8 Å². The van der Waals surface area contributed by atoms with Gasteiger partial charge in [-0.1, -0.05) is 6.92 Å². The van der Waals surface area contributed by atoms with Crippen LogP contribution in [0, 0.1) is 0 Å². The van der Waals surface area contributed by atoms with Gasteiger partial charge >= 0.3 is 42.7 Å². The molecule has 1 saturated heterocycles. The number of hydrogen-bond donors (Lipinski definition) is 15. The van der Waals surface area contributed by atoms with Crippen LogP contribution in [0.1, 0.15) is 18.9 Å². The van der Waals surface area contributed by atoms with E-state index in [9.17, 15) is 5.11 Å². The Bertz CT molecular complexity index is 945. The molecule has 2 aliphatic heterocycles. The van der Waals surface area contributed by atoms with Crippen molar-refractivity contribution < 1.29 is 74.4 Å². The number of hydrogen-bond acceptors (Lipinski definition) is 10. The SMILES string of the molecule is CN1CCC2(C)c3cc(O)ccc3N(C)C12.NC(=O)O.NC(=O)O.NC(=O)O.NC(=O)O.NC(=O)O.NC(=O)O.NC(=O)O. The molecule has 0 saturated carbocycles. The van der Waals surface area contributed by atoms with Crippen LogP contribution < -0.4 is 45.0 Å². The maximum Gasteiger partial charge on any atom is 0.402 e. The maximum atomic E-state index is 9.65. The molecule has 0 bridgehead atoms. The smallest absolute Gasteiger partial charge is 0.402 e. The highest BCUT2D eigenvalue weighted by Gasteiger charge is 2.52. The summed E-state index contributed by atoms with van der Waals surface area (Å²) in [6, 6.07) is 5.74. The average Bonchev–Trinajstić information content (AvgIpc) is 3.16. The highest BCUT2D eigenvalue weighted by molar-refractivity contribution is 5.66. The summed E-state index contributed by atoms with van der Waals surface area (Å²) in [5.74, 6) is 0.378. The average molecular weight is 646 g/mol. The van der Waals surface area contributed by atoms with E-state index in [0.29, 0.717) is 11.9 Å². The molecule has 0 aromatic heterocycles.